The number of nitrogens with zero attached hydrogens (tertiary/aromatic N) is 1. The first-order valence-corrected chi connectivity index (χ1v) is 8.57. The van der Waals surface area contributed by atoms with Crippen LogP contribution in [-0.2, 0) is 11.3 Å². The third-order valence-electron chi connectivity index (χ3n) is 4.44. The second-order valence-corrected chi connectivity index (χ2v) is 6.33. The van der Waals surface area contributed by atoms with Crippen LogP contribution >= 0.6 is 0 Å². The van der Waals surface area contributed by atoms with Gasteiger partial charge in [-0.3, -0.25) is 9.69 Å². The molecule has 1 fully saturated rings. The quantitative estimate of drug-likeness (QED) is 0.908. The highest BCUT2D eigenvalue weighted by atomic mass is 19.1. The summed E-state index contributed by atoms with van der Waals surface area (Å²) >= 11 is 0. The van der Waals surface area contributed by atoms with Crippen molar-refractivity contribution in [3.05, 3.63) is 71.0 Å². The SMILES string of the molecule is C[C@@H](NC(=O)c1ccc(CN2CCOCC2)cc1)c1ccc(F)cc1. The Morgan fingerprint density at radius 2 is 1.76 bits per heavy atom. The molecule has 1 aliphatic rings. The average molecular weight is 342 g/mol. The molecule has 25 heavy (non-hydrogen) atoms. The molecular formula is C20H23FN2O2. The summed E-state index contributed by atoms with van der Waals surface area (Å²) in [6.45, 7) is 6.20. The zero-order valence-electron chi connectivity index (χ0n) is 14.4. The largest absolute Gasteiger partial charge is 0.379 e. The van der Waals surface area contributed by atoms with Gasteiger partial charge in [-0.05, 0) is 42.3 Å². The van der Waals surface area contributed by atoms with Crippen molar-refractivity contribution in [2.24, 2.45) is 0 Å². The van der Waals surface area contributed by atoms with Crippen molar-refractivity contribution in [2.45, 2.75) is 19.5 Å². The van der Waals surface area contributed by atoms with Crippen LogP contribution in [0.15, 0.2) is 48.5 Å². The van der Waals surface area contributed by atoms with Gasteiger partial charge in [-0.2, -0.15) is 0 Å². The molecule has 3 rings (SSSR count). The number of halogens is 1. The summed E-state index contributed by atoms with van der Waals surface area (Å²) in [5.74, 6) is -0.409. The predicted octanol–water partition coefficient (Wildman–Crippen LogP) is 3.15. The molecular weight excluding hydrogens is 319 g/mol. The molecule has 1 saturated heterocycles. The van der Waals surface area contributed by atoms with Crippen LogP contribution < -0.4 is 5.32 Å². The molecule has 5 heteroatoms. The lowest BCUT2D eigenvalue weighted by Crippen LogP contribution is -2.35. The zero-order valence-corrected chi connectivity index (χ0v) is 14.4. The topological polar surface area (TPSA) is 41.6 Å². The first-order valence-electron chi connectivity index (χ1n) is 8.57. The molecule has 4 nitrogen and oxygen atoms in total. The molecule has 1 aliphatic heterocycles. The highest BCUT2D eigenvalue weighted by Crippen LogP contribution is 2.15. The number of ether oxygens (including phenoxy) is 1. The number of hydrogen-bond acceptors (Lipinski definition) is 3. The Balaban J connectivity index is 1.57. The van der Waals surface area contributed by atoms with Gasteiger partial charge in [-0.1, -0.05) is 24.3 Å². The minimum Gasteiger partial charge on any atom is -0.379 e. The summed E-state index contributed by atoms with van der Waals surface area (Å²) < 4.78 is 18.3. The third-order valence-corrected chi connectivity index (χ3v) is 4.44. The summed E-state index contributed by atoms with van der Waals surface area (Å²) in [4.78, 5) is 14.7. The van der Waals surface area contributed by atoms with E-state index in [1.165, 1.54) is 17.7 Å². The van der Waals surface area contributed by atoms with Crippen LogP contribution in [0.1, 0.15) is 34.5 Å². The number of hydrogen-bond donors (Lipinski definition) is 1. The number of nitrogens with one attached hydrogen (secondary N) is 1. The van der Waals surface area contributed by atoms with Gasteiger partial charge in [0.15, 0.2) is 0 Å². The van der Waals surface area contributed by atoms with Crippen molar-refractivity contribution in [3.8, 4) is 0 Å². The summed E-state index contributed by atoms with van der Waals surface area (Å²) in [5, 5.41) is 2.94. The standard InChI is InChI=1S/C20H23FN2O2/c1-15(17-6-8-19(21)9-7-17)22-20(24)18-4-2-16(3-5-18)14-23-10-12-25-13-11-23/h2-9,15H,10-14H2,1H3,(H,22,24)/t15-/m1/s1. The predicted molar refractivity (Wildman–Crippen MR) is 94.8 cm³/mol. The summed E-state index contributed by atoms with van der Waals surface area (Å²) in [5.41, 5.74) is 2.68. The number of carbonyl (C=O) groups is 1. The molecule has 2 aromatic carbocycles. The van der Waals surface area contributed by atoms with Crippen LogP contribution in [0.2, 0.25) is 0 Å². The van der Waals surface area contributed by atoms with Crippen molar-refractivity contribution < 1.29 is 13.9 Å². The van der Waals surface area contributed by atoms with E-state index >= 15 is 0 Å². The van der Waals surface area contributed by atoms with E-state index in [0.717, 1.165) is 38.4 Å². The molecule has 0 saturated carbocycles. The number of morpholine rings is 1. The normalized spacial score (nSPS) is 16.4. The second kappa shape index (κ2) is 8.23. The van der Waals surface area contributed by atoms with Crippen molar-refractivity contribution in [1.82, 2.24) is 10.2 Å². The van der Waals surface area contributed by atoms with Crippen LogP contribution in [0.3, 0.4) is 0 Å². The Morgan fingerprint density at radius 1 is 1.12 bits per heavy atom. The Hall–Kier alpha value is -2.24. The number of carbonyl (C=O) groups excluding carboxylic acids is 1. The van der Waals surface area contributed by atoms with Crippen LogP contribution in [-0.4, -0.2) is 37.1 Å². The van der Waals surface area contributed by atoms with E-state index in [0.29, 0.717) is 5.56 Å². The van der Waals surface area contributed by atoms with Crippen LogP contribution in [0.4, 0.5) is 4.39 Å². The van der Waals surface area contributed by atoms with Gasteiger partial charge in [0.05, 0.1) is 19.3 Å². The van der Waals surface area contributed by atoms with Gasteiger partial charge in [-0.15, -0.1) is 0 Å². The van der Waals surface area contributed by atoms with Gasteiger partial charge in [0.2, 0.25) is 0 Å². The fraction of sp³-hybridized carbons (Fsp3) is 0.350. The molecule has 1 heterocycles. The molecule has 0 unspecified atom stereocenters. The molecule has 0 aromatic heterocycles. The molecule has 0 radical (unpaired) electrons. The minimum atomic E-state index is -0.280. The summed E-state index contributed by atoms with van der Waals surface area (Å²) in [6.07, 6.45) is 0. The summed E-state index contributed by atoms with van der Waals surface area (Å²) in [6, 6.07) is 13.7. The smallest absolute Gasteiger partial charge is 0.251 e. The van der Waals surface area contributed by atoms with E-state index in [1.807, 2.05) is 31.2 Å². The Morgan fingerprint density at radius 3 is 2.40 bits per heavy atom. The first kappa shape index (κ1) is 17.6. The number of amides is 1. The lowest BCUT2D eigenvalue weighted by Gasteiger charge is -2.26. The van der Waals surface area contributed by atoms with E-state index in [4.69, 9.17) is 4.74 Å². The van der Waals surface area contributed by atoms with Gasteiger partial charge in [-0.25, -0.2) is 4.39 Å². The summed E-state index contributed by atoms with van der Waals surface area (Å²) in [7, 11) is 0. The Labute approximate surface area is 147 Å². The van der Waals surface area contributed by atoms with Crippen LogP contribution in [0.25, 0.3) is 0 Å². The first-order chi connectivity index (χ1) is 12.1. The maximum Gasteiger partial charge on any atom is 0.251 e. The highest BCUT2D eigenvalue weighted by Gasteiger charge is 2.13. The lowest BCUT2D eigenvalue weighted by molar-refractivity contribution is 0.0342. The van der Waals surface area contributed by atoms with Crippen molar-refractivity contribution >= 4 is 5.91 Å². The van der Waals surface area contributed by atoms with Crippen molar-refractivity contribution in [2.75, 3.05) is 26.3 Å². The highest BCUT2D eigenvalue weighted by molar-refractivity contribution is 5.94. The van der Waals surface area contributed by atoms with E-state index in [2.05, 4.69) is 10.2 Å². The molecule has 0 spiro atoms. The van der Waals surface area contributed by atoms with Crippen molar-refractivity contribution in [1.29, 1.82) is 0 Å². The van der Waals surface area contributed by atoms with Gasteiger partial charge < -0.3 is 10.1 Å². The second-order valence-electron chi connectivity index (χ2n) is 6.33. The molecule has 0 aliphatic carbocycles. The number of rotatable bonds is 5. The van der Waals surface area contributed by atoms with Gasteiger partial charge in [0.25, 0.3) is 5.91 Å². The average Bonchev–Trinajstić information content (AvgIpc) is 2.63. The monoisotopic (exact) mass is 342 g/mol. The fourth-order valence-corrected chi connectivity index (χ4v) is 2.89. The Kier molecular flexibility index (Phi) is 5.79. The maximum absolute atomic E-state index is 13.0. The molecule has 132 valence electrons. The maximum atomic E-state index is 13.0. The van der Waals surface area contributed by atoms with Gasteiger partial charge in [0, 0.05) is 25.2 Å². The van der Waals surface area contributed by atoms with Crippen molar-refractivity contribution in [3.63, 3.8) is 0 Å². The molecule has 1 amide bonds. The fourth-order valence-electron chi connectivity index (χ4n) is 2.89. The van der Waals surface area contributed by atoms with Gasteiger partial charge in [0.1, 0.15) is 5.82 Å². The van der Waals surface area contributed by atoms with E-state index in [-0.39, 0.29) is 17.8 Å². The van der Waals surface area contributed by atoms with E-state index in [9.17, 15) is 9.18 Å². The van der Waals surface area contributed by atoms with E-state index < -0.39 is 0 Å². The zero-order chi connectivity index (χ0) is 17.6. The van der Waals surface area contributed by atoms with Gasteiger partial charge >= 0.3 is 0 Å². The van der Waals surface area contributed by atoms with E-state index in [1.54, 1.807) is 12.1 Å². The van der Waals surface area contributed by atoms with Crippen LogP contribution in [0, 0.1) is 5.82 Å². The molecule has 0 bridgehead atoms. The number of benzene rings is 2. The molecule has 2 aromatic rings. The minimum absolute atomic E-state index is 0.130. The lowest BCUT2D eigenvalue weighted by atomic mass is 10.1. The Bertz CT molecular complexity index is 695. The molecule has 1 N–H and O–H groups in total. The third kappa shape index (κ3) is 4.87. The molecule has 1 atom stereocenters. The van der Waals surface area contributed by atoms with Crippen LogP contribution in [0.5, 0.6) is 0 Å².